The normalized spacial score (nSPS) is 18.6. The topological polar surface area (TPSA) is 72.5 Å². The van der Waals surface area contributed by atoms with Crippen LogP contribution in [0, 0.1) is 0 Å². The number of rotatable bonds is 5. The van der Waals surface area contributed by atoms with Crippen molar-refractivity contribution in [1.82, 2.24) is 10.3 Å². The molecule has 2 amide bonds. The maximum absolute atomic E-state index is 12.1. The Morgan fingerprint density at radius 3 is 2.75 bits per heavy atom. The lowest BCUT2D eigenvalue weighted by Crippen LogP contribution is -2.31. The molecule has 1 aliphatic rings. The zero-order valence-electron chi connectivity index (χ0n) is 13.4. The summed E-state index contributed by atoms with van der Waals surface area (Å²) < 4.78 is 10.7. The summed E-state index contributed by atoms with van der Waals surface area (Å²) in [6, 6.07) is 8.76. The van der Waals surface area contributed by atoms with Crippen LogP contribution >= 0.6 is 11.6 Å². The fraction of sp³-hybridized carbons (Fsp3) is 0.294. The first kappa shape index (κ1) is 16.4. The van der Waals surface area contributed by atoms with E-state index in [1.165, 1.54) is 6.20 Å². The molecule has 0 radical (unpaired) electrons. The van der Waals surface area contributed by atoms with Gasteiger partial charge in [-0.2, -0.15) is 0 Å². The third-order valence-corrected chi connectivity index (χ3v) is 4.14. The Bertz CT molecular complexity index is 736. The highest BCUT2D eigenvalue weighted by Gasteiger charge is 2.41. The number of halogens is 1. The molecule has 1 fully saturated rings. The Morgan fingerprint density at radius 1 is 1.25 bits per heavy atom. The average Bonchev–Trinajstić information content (AvgIpc) is 3.35. The van der Waals surface area contributed by atoms with Crippen molar-refractivity contribution in [2.75, 3.05) is 19.5 Å². The predicted octanol–water partition coefficient (Wildman–Crippen LogP) is 3.43. The molecule has 2 N–H and O–H groups in total. The van der Waals surface area contributed by atoms with Gasteiger partial charge in [0.1, 0.15) is 17.3 Å². The highest BCUT2D eigenvalue weighted by molar-refractivity contribution is 6.30. The summed E-state index contributed by atoms with van der Waals surface area (Å²) in [7, 11) is 3.26. The lowest BCUT2D eigenvalue weighted by Gasteiger charge is -2.11. The fourth-order valence-corrected chi connectivity index (χ4v) is 2.71. The summed E-state index contributed by atoms with van der Waals surface area (Å²) >= 11 is 5.77. The van der Waals surface area contributed by atoms with Crippen molar-refractivity contribution in [3.05, 3.63) is 47.1 Å². The number of hydrogen-bond donors (Lipinski definition) is 2. The Balaban J connectivity index is 1.61. The van der Waals surface area contributed by atoms with Crippen LogP contribution in [-0.2, 0) is 0 Å². The molecule has 0 bridgehead atoms. The van der Waals surface area contributed by atoms with Crippen LogP contribution in [0.15, 0.2) is 36.5 Å². The van der Waals surface area contributed by atoms with Gasteiger partial charge in [-0.25, -0.2) is 9.78 Å². The van der Waals surface area contributed by atoms with Gasteiger partial charge < -0.3 is 14.8 Å². The number of carbonyl (C=O) groups excluding carboxylic acids is 1. The lowest BCUT2D eigenvalue weighted by atomic mass is 10.1. The number of pyridine rings is 1. The smallest absolute Gasteiger partial charge is 0.320 e. The van der Waals surface area contributed by atoms with Gasteiger partial charge >= 0.3 is 6.03 Å². The van der Waals surface area contributed by atoms with E-state index in [9.17, 15) is 4.79 Å². The van der Waals surface area contributed by atoms with Gasteiger partial charge in [-0.1, -0.05) is 11.6 Å². The van der Waals surface area contributed by atoms with Crippen LogP contribution in [0.5, 0.6) is 11.5 Å². The molecule has 1 aromatic carbocycles. The molecule has 2 aromatic rings. The van der Waals surface area contributed by atoms with E-state index in [-0.39, 0.29) is 18.0 Å². The number of ether oxygens (including phenoxy) is 2. The van der Waals surface area contributed by atoms with E-state index in [2.05, 4.69) is 15.6 Å². The zero-order valence-corrected chi connectivity index (χ0v) is 14.1. The van der Waals surface area contributed by atoms with Gasteiger partial charge in [-0.3, -0.25) is 5.32 Å². The number of urea groups is 1. The standard InChI is InChI=1S/C17H18ClN3O3/c1-23-11-4-5-15(24-2)13(7-11)12-8-14(12)20-17(22)21-16-6-3-10(18)9-19-16/h3-7,9,12,14H,8H2,1-2H3,(H2,19,20,21,22). The summed E-state index contributed by atoms with van der Waals surface area (Å²) in [5, 5.41) is 6.14. The second kappa shape index (κ2) is 6.97. The summed E-state index contributed by atoms with van der Waals surface area (Å²) in [6.45, 7) is 0. The number of methoxy groups -OCH3 is 2. The maximum atomic E-state index is 12.1. The van der Waals surface area contributed by atoms with Crippen LogP contribution < -0.4 is 20.1 Å². The van der Waals surface area contributed by atoms with E-state index < -0.39 is 0 Å². The van der Waals surface area contributed by atoms with Crippen LogP contribution in [0.4, 0.5) is 10.6 Å². The summed E-state index contributed by atoms with van der Waals surface area (Å²) in [5.74, 6) is 2.23. The minimum absolute atomic E-state index is 0.0540. The highest BCUT2D eigenvalue weighted by Crippen LogP contribution is 2.45. The molecule has 1 saturated carbocycles. The van der Waals surface area contributed by atoms with E-state index in [1.807, 2.05) is 18.2 Å². The molecular formula is C17H18ClN3O3. The van der Waals surface area contributed by atoms with E-state index in [1.54, 1.807) is 26.4 Å². The van der Waals surface area contributed by atoms with Crippen molar-refractivity contribution in [2.45, 2.75) is 18.4 Å². The van der Waals surface area contributed by atoms with Crippen molar-refractivity contribution in [3.63, 3.8) is 0 Å². The minimum atomic E-state index is -0.292. The van der Waals surface area contributed by atoms with Gasteiger partial charge in [-0.05, 0) is 36.8 Å². The largest absolute Gasteiger partial charge is 0.497 e. The van der Waals surface area contributed by atoms with Crippen molar-refractivity contribution < 1.29 is 14.3 Å². The third-order valence-electron chi connectivity index (χ3n) is 3.91. The minimum Gasteiger partial charge on any atom is -0.497 e. The Hall–Kier alpha value is -2.47. The molecular weight excluding hydrogens is 330 g/mol. The van der Waals surface area contributed by atoms with Gasteiger partial charge in [0.15, 0.2) is 0 Å². The number of anilines is 1. The molecule has 7 heteroatoms. The number of hydrogen-bond acceptors (Lipinski definition) is 4. The maximum Gasteiger partial charge on any atom is 0.320 e. The van der Waals surface area contributed by atoms with Crippen LogP contribution in [0.1, 0.15) is 17.9 Å². The van der Waals surface area contributed by atoms with Crippen molar-refractivity contribution >= 4 is 23.4 Å². The van der Waals surface area contributed by atoms with Crippen molar-refractivity contribution in [2.24, 2.45) is 0 Å². The molecule has 2 unspecified atom stereocenters. The Labute approximate surface area is 145 Å². The predicted molar refractivity (Wildman–Crippen MR) is 92.1 cm³/mol. The number of benzene rings is 1. The van der Waals surface area contributed by atoms with Crippen molar-refractivity contribution in [3.8, 4) is 11.5 Å². The van der Waals surface area contributed by atoms with Crippen LogP contribution in [0.2, 0.25) is 5.02 Å². The van der Waals surface area contributed by atoms with Gasteiger partial charge in [0.05, 0.1) is 19.2 Å². The molecule has 0 spiro atoms. The first-order valence-corrected chi connectivity index (χ1v) is 7.89. The first-order chi connectivity index (χ1) is 11.6. The molecule has 3 rings (SSSR count). The van der Waals surface area contributed by atoms with Gasteiger partial charge in [-0.15, -0.1) is 0 Å². The van der Waals surface area contributed by atoms with E-state index in [4.69, 9.17) is 21.1 Å². The Morgan fingerprint density at radius 2 is 2.08 bits per heavy atom. The van der Waals surface area contributed by atoms with E-state index >= 15 is 0 Å². The van der Waals surface area contributed by atoms with Crippen LogP contribution in [-0.4, -0.2) is 31.3 Å². The molecule has 2 atom stereocenters. The van der Waals surface area contributed by atoms with Gasteiger partial charge in [0, 0.05) is 23.7 Å². The molecule has 0 aliphatic heterocycles. The fourth-order valence-electron chi connectivity index (χ4n) is 2.60. The molecule has 1 aromatic heterocycles. The Kier molecular flexibility index (Phi) is 4.76. The molecule has 6 nitrogen and oxygen atoms in total. The van der Waals surface area contributed by atoms with Crippen LogP contribution in [0.3, 0.4) is 0 Å². The molecule has 1 aliphatic carbocycles. The molecule has 1 heterocycles. The summed E-state index contributed by atoms with van der Waals surface area (Å²) in [5.41, 5.74) is 1.03. The van der Waals surface area contributed by atoms with E-state index in [0.717, 1.165) is 23.5 Å². The average molecular weight is 348 g/mol. The number of carbonyl (C=O) groups is 1. The second-order valence-electron chi connectivity index (χ2n) is 5.52. The summed E-state index contributed by atoms with van der Waals surface area (Å²) in [4.78, 5) is 16.1. The highest BCUT2D eigenvalue weighted by atomic mass is 35.5. The first-order valence-electron chi connectivity index (χ1n) is 7.51. The van der Waals surface area contributed by atoms with Gasteiger partial charge in [0.25, 0.3) is 0 Å². The number of aromatic nitrogens is 1. The molecule has 24 heavy (non-hydrogen) atoms. The zero-order chi connectivity index (χ0) is 17.1. The van der Waals surface area contributed by atoms with Crippen LogP contribution in [0.25, 0.3) is 0 Å². The lowest BCUT2D eigenvalue weighted by molar-refractivity contribution is 0.251. The quantitative estimate of drug-likeness (QED) is 0.869. The number of amides is 2. The van der Waals surface area contributed by atoms with Gasteiger partial charge in [0.2, 0.25) is 0 Å². The number of nitrogens with one attached hydrogen (secondary N) is 2. The second-order valence-corrected chi connectivity index (χ2v) is 5.95. The molecule has 0 saturated heterocycles. The monoisotopic (exact) mass is 347 g/mol. The third kappa shape index (κ3) is 3.71. The number of nitrogens with zero attached hydrogens (tertiary/aromatic N) is 1. The van der Waals surface area contributed by atoms with E-state index in [0.29, 0.717) is 10.8 Å². The molecule has 126 valence electrons. The van der Waals surface area contributed by atoms with Crippen molar-refractivity contribution in [1.29, 1.82) is 0 Å². The summed E-state index contributed by atoms with van der Waals surface area (Å²) in [6.07, 6.45) is 2.34. The SMILES string of the molecule is COc1ccc(OC)c(C2CC2NC(=O)Nc2ccc(Cl)cn2)c1.